The highest BCUT2D eigenvalue weighted by Gasteiger charge is 2.16. The van der Waals surface area contributed by atoms with Gasteiger partial charge in [0, 0.05) is 0 Å². The van der Waals surface area contributed by atoms with E-state index in [9.17, 15) is 4.79 Å². The van der Waals surface area contributed by atoms with Gasteiger partial charge in [0.2, 0.25) is 0 Å². The molecule has 1 aromatic carbocycles. The van der Waals surface area contributed by atoms with Gasteiger partial charge in [-0.1, -0.05) is 44.2 Å². The van der Waals surface area contributed by atoms with Gasteiger partial charge in [-0.15, -0.1) is 0 Å². The Bertz CT molecular complexity index is 481. The van der Waals surface area contributed by atoms with Crippen molar-refractivity contribution >= 4 is 17.9 Å². The zero-order chi connectivity index (χ0) is 17.1. The fourth-order valence-corrected chi connectivity index (χ4v) is 1.44. The number of rotatable bonds is 5. The van der Waals surface area contributed by atoms with Gasteiger partial charge in [-0.05, 0) is 17.9 Å². The van der Waals surface area contributed by atoms with Crippen molar-refractivity contribution in [2.45, 2.75) is 32.9 Å². The van der Waals surface area contributed by atoms with Gasteiger partial charge in [-0.3, -0.25) is 4.79 Å². The van der Waals surface area contributed by atoms with Crippen LogP contribution in [0.15, 0.2) is 30.3 Å². The third-order valence-corrected chi connectivity index (χ3v) is 2.43. The fourth-order valence-electron chi connectivity index (χ4n) is 1.44. The summed E-state index contributed by atoms with van der Waals surface area (Å²) in [5.41, 5.74) is 6.69. The van der Waals surface area contributed by atoms with Crippen LogP contribution >= 0.6 is 0 Å². The molecular weight excluding hydrogens is 318 g/mol. The molecule has 0 aliphatic heterocycles. The van der Waals surface area contributed by atoms with E-state index in [0.717, 1.165) is 5.56 Å². The lowest BCUT2D eigenvalue weighted by molar-refractivity contribution is -0.159. The van der Waals surface area contributed by atoms with Crippen molar-refractivity contribution in [1.82, 2.24) is 12.3 Å². The highest BCUT2D eigenvalue weighted by molar-refractivity contribution is 6.27. The SMILES string of the molecule is CC(C)C[C@H](N)C(=O)OCc1ccccc1.N.N.O=C(O)C(=O)O. The number of hydrogen-bond donors (Lipinski definition) is 5. The van der Waals surface area contributed by atoms with Crippen molar-refractivity contribution in [3.63, 3.8) is 0 Å². The van der Waals surface area contributed by atoms with Crippen molar-refractivity contribution in [1.29, 1.82) is 0 Å². The standard InChI is InChI=1S/C13H19NO2.C2H2O4.2H3N/c1-10(2)8-12(14)13(15)16-9-11-6-4-3-5-7-11;3-1(4)2(5)6;;/h3-7,10,12H,8-9,14H2,1-2H3;(H,3,4)(H,5,6);2*1H3/t12-;;;/m0.../s1. The molecule has 0 aromatic heterocycles. The van der Waals surface area contributed by atoms with E-state index >= 15 is 0 Å². The molecule has 1 rings (SSSR count). The first-order valence-corrected chi connectivity index (χ1v) is 6.66. The maximum absolute atomic E-state index is 11.5. The third-order valence-electron chi connectivity index (χ3n) is 2.43. The van der Waals surface area contributed by atoms with E-state index in [0.29, 0.717) is 18.9 Å². The van der Waals surface area contributed by atoms with E-state index < -0.39 is 18.0 Å². The molecule has 0 aliphatic rings. The molecule has 138 valence electrons. The van der Waals surface area contributed by atoms with Crippen molar-refractivity contribution in [3.05, 3.63) is 35.9 Å². The maximum atomic E-state index is 11.5. The van der Waals surface area contributed by atoms with Crippen LogP contribution in [-0.2, 0) is 25.7 Å². The molecule has 0 heterocycles. The summed E-state index contributed by atoms with van der Waals surface area (Å²) in [5.74, 6) is -3.57. The summed E-state index contributed by atoms with van der Waals surface area (Å²) in [6.07, 6.45) is 0.660. The molecule has 0 bridgehead atoms. The van der Waals surface area contributed by atoms with Crippen LogP contribution in [-0.4, -0.2) is 34.2 Å². The number of benzene rings is 1. The molecule has 0 radical (unpaired) electrons. The molecule has 9 heteroatoms. The minimum atomic E-state index is -1.82. The number of hydrogen-bond acceptors (Lipinski definition) is 7. The van der Waals surface area contributed by atoms with E-state index in [1.165, 1.54) is 0 Å². The lowest BCUT2D eigenvalue weighted by Crippen LogP contribution is -2.33. The van der Waals surface area contributed by atoms with Crippen LogP contribution in [0.25, 0.3) is 0 Å². The first-order valence-electron chi connectivity index (χ1n) is 6.66. The second kappa shape index (κ2) is 14.1. The number of esters is 1. The minimum absolute atomic E-state index is 0. The van der Waals surface area contributed by atoms with E-state index in [-0.39, 0.29) is 18.3 Å². The van der Waals surface area contributed by atoms with Crippen molar-refractivity contribution in [3.8, 4) is 0 Å². The lowest BCUT2D eigenvalue weighted by Gasteiger charge is -2.13. The lowest BCUT2D eigenvalue weighted by atomic mass is 10.1. The van der Waals surface area contributed by atoms with Crippen LogP contribution in [0.2, 0.25) is 0 Å². The van der Waals surface area contributed by atoms with Gasteiger partial charge in [-0.2, -0.15) is 0 Å². The molecule has 0 saturated carbocycles. The van der Waals surface area contributed by atoms with E-state index in [4.69, 9.17) is 30.3 Å². The Labute approximate surface area is 141 Å². The van der Waals surface area contributed by atoms with Crippen LogP contribution in [0.3, 0.4) is 0 Å². The highest BCUT2D eigenvalue weighted by atomic mass is 16.5. The van der Waals surface area contributed by atoms with Crippen LogP contribution in [0.5, 0.6) is 0 Å². The normalized spacial score (nSPS) is 10.2. The fraction of sp³-hybridized carbons (Fsp3) is 0.400. The quantitative estimate of drug-likeness (QED) is 0.388. The Balaban J connectivity index is -0.000000478. The molecule has 1 atom stereocenters. The van der Waals surface area contributed by atoms with Crippen LogP contribution in [0.1, 0.15) is 25.8 Å². The maximum Gasteiger partial charge on any atom is 0.414 e. The number of carboxylic acids is 2. The molecule has 0 fully saturated rings. The molecule has 9 nitrogen and oxygen atoms in total. The summed E-state index contributed by atoms with van der Waals surface area (Å²) in [6.45, 7) is 4.36. The Hall–Kier alpha value is -2.49. The minimum Gasteiger partial charge on any atom is -0.473 e. The molecule has 24 heavy (non-hydrogen) atoms. The van der Waals surface area contributed by atoms with Crippen molar-refractivity contribution < 1.29 is 29.3 Å². The van der Waals surface area contributed by atoms with Crippen molar-refractivity contribution in [2.24, 2.45) is 11.7 Å². The number of nitrogens with two attached hydrogens (primary N) is 1. The molecule has 0 saturated heterocycles. The molecular formula is C15H27N3O6. The largest absolute Gasteiger partial charge is 0.473 e. The van der Waals surface area contributed by atoms with Gasteiger partial charge in [0.25, 0.3) is 0 Å². The topological polar surface area (TPSA) is 197 Å². The number of ether oxygens (including phenoxy) is 1. The summed E-state index contributed by atoms with van der Waals surface area (Å²) >= 11 is 0. The zero-order valence-electron chi connectivity index (χ0n) is 14.0. The molecule has 10 N–H and O–H groups in total. The number of carbonyl (C=O) groups excluding carboxylic acids is 1. The zero-order valence-corrected chi connectivity index (χ0v) is 14.0. The van der Waals surface area contributed by atoms with E-state index in [1.807, 2.05) is 44.2 Å². The van der Waals surface area contributed by atoms with Crippen LogP contribution < -0.4 is 18.0 Å². The number of carboxylic acid groups (broad SMARTS) is 2. The monoisotopic (exact) mass is 345 g/mol. The summed E-state index contributed by atoms with van der Waals surface area (Å²) in [6, 6.07) is 9.08. The average molecular weight is 345 g/mol. The van der Waals surface area contributed by atoms with Crippen molar-refractivity contribution in [2.75, 3.05) is 0 Å². The van der Waals surface area contributed by atoms with Crippen LogP contribution in [0.4, 0.5) is 0 Å². The second-order valence-electron chi connectivity index (χ2n) is 4.94. The third kappa shape index (κ3) is 13.2. The summed E-state index contributed by atoms with van der Waals surface area (Å²) in [4.78, 5) is 29.7. The number of aliphatic carboxylic acids is 2. The van der Waals surface area contributed by atoms with Crippen LogP contribution in [0, 0.1) is 5.92 Å². The first kappa shape index (κ1) is 26.4. The summed E-state index contributed by atoms with van der Waals surface area (Å²) in [7, 11) is 0. The highest BCUT2D eigenvalue weighted by Crippen LogP contribution is 2.06. The molecule has 0 amide bonds. The summed E-state index contributed by atoms with van der Waals surface area (Å²) < 4.78 is 5.13. The smallest absolute Gasteiger partial charge is 0.414 e. The molecule has 0 unspecified atom stereocenters. The Morgan fingerprint density at radius 3 is 1.88 bits per heavy atom. The van der Waals surface area contributed by atoms with Gasteiger partial charge >= 0.3 is 17.9 Å². The number of carbonyl (C=O) groups is 3. The van der Waals surface area contributed by atoms with Gasteiger partial charge in [0.1, 0.15) is 12.6 Å². The Morgan fingerprint density at radius 2 is 1.50 bits per heavy atom. The van der Waals surface area contributed by atoms with Gasteiger partial charge in [-0.25, -0.2) is 9.59 Å². The second-order valence-corrected chi connectivity index (χ2v) is 4.94. The predicted molar refractivity (Wildman–Crippen MR) is 89.0 cm³/mol. The van der Waals surface area contributed by atoms with E-state index in [1.54, 1.807) is 0 Å². The Kier molecular flexibility index (Phi) is 15.5. The average Bonchev–Trinajstić information content (AvgIpc) is 2.45. The predicted octanol–water partition coefficient (Wildman–Crippen LogP) is 1.58. The first-order chi connectivity index (χ1) is 10.2. The molecule has 0 aliphatic carbocycles. The van der Waals surface area contributed by atoms with E-state index in [2.05, 4.69) is 0 Å². The van der Waals surface area contributed by atoms with Gasteiger partial charge < -0.3 is 33.0 Å². The van der Waals surface area contributed by atoms with Gasteiger partial charge in [0.05, 0.1) is 0 Å². The molecule has 0 spiro atoms. The summed E-state index contributed by atoms with van der Waals surface area (Å²) in [5, 5.41) is 14.8. The van der Waals surface area contributed by atoms with Gasteiger partial charge in [0.15, 0.2) is 0 Å². The molecule has 1 aromatic rings. The Morgan fingerprint density at radius 1 is 1.04 bits per heavy atom.